The van der Waals surface area contributed by atoms with E-state index in [0.29, 0.717) is 12.3 Å². The zero-order valence-corrected chi connectivity index (χ0v) is 13.1. The Labute approximate surface area is 126 Å². The van der Waals surface area contributed by atoms with Gasteiger partial charge in [0.05, 0.1) is 11.6 Å². The summed E-state index contributed by atoms with van der Waals surface area (Å²) >= 11 is 0. The number of aromatic nitrogens is 1. The molecule has 114 valence electrons. The van der Waals surface area contributed by atoms with E-state index in [1.807, 2.05) is 18.2 Å². The van der Waals surface area contributed by atoms with Crippen LogP contribution in [0.5, 0.6) is 0 Å². The van der Waals surface area contributed by atoms with Gasteiger partial charge in [-0.1, -0.05) is 26.8 Å². The van der Waals surface area contributed by atoms with Gasteiger partial charge in [-0.05, 0) is 42.3 Å². The molecular formula is C17H25N3O. The third-order valence-corrected chi connectivity index (χ3v) is 3.57. The van der Waals surface area contributed by atoms with Crippen molar-refractivity contribution in [2.45, 2.75) is 46.2 Å². The second-order valence-electron chi connectivity index (χ2n) is 6.01. The molecule has 0 bridgehead atoms. The van der Waals surface area contributed by atoms with Crippen molar-refractivity contribution in [1.82, 2.24) is 4.57 Å². The van der Waals surface area contributed by atoms with Crippen LogP contribution in [0.15, 0.2) is 30.5 Å². The van der Waals surface area contributed by atoms with Gasteiger partial charge in [0.15, 0.2) is 0 Å². The lowest BCUT2D eigenvalue weighted by atomic mass is 10.0. The van der Waals surface area contributed by atoms with E-state index in [2.05, 4.69) is 42.9 Å². The van der Waals surface area contributed by atoms with Gasteiger partial charge in [-0.25, -0.2) is 0 Å². The van der Waals surface area contributed by atoms with Crippen molar-refractivity contribution in [2.24, 2.45) is 11.7 Å². The normalized spacial score (nSPS) is 12.8. The highest BCUT2D eigenvalue weighted by atomic mass is 16.2. The van der Waals surface area contributed by atoms with Crippen LogP contribution in [-0.4, -0.2) is 16.5 Å². The van der Waals surface area contributed by atoms with Crippen LogP contribution < -0.4 is 11.1 Å². The van der Waals surface area contributed by atoms with Gasteiger partial charge in [-0.15, -0.1) is 0 Å². The predicted molar refractivity (Wildman–Crippen MR) is 88.3 cm³/mol. The van der Waals surface area contributed by atoms with E-state index >= 15 is 0 Å². The number of hydrogen-bond donors (Lipinski definition) is 2. The van der Waals surface area contributed by atoms with E-state index in [4.69, 9.17) is 5.73 Å². The molecule has 3 N–H and O–H groups in total. The number of nitrogens with two attached hydrogens (primary N) is 1. The zero-order chi connectivity index (χ0) is 15.4. The van der Waals surface area contributed by atoms with E-state index in [-0.39, 0.29) is 5.91 Å². The highest BCUT2D eigenvalue weighted by Crippen LogP contribution is 2.21. The Bertz CT molecular complexity index is 616. The van der Waals surface area contributed by atoms with Gasteiger partial charge in [0.1, 0.15) is 0 Å². The molecule has 0 aliphatic carbocycles. The molecule has 0 unspecified atom stereocenters. The van der Waals surface area contributed by atoms with Crippen molar-refractivity contribution in [3.63, 3.8) is 0 Å². The van der Waals surface area contributed by atoms with Crippen LogP contribution in [0.4, 0.5) is 5.69 Å². The first-order valence-electron chi connectivity index (χ1n) is 7.66. The molecule has 0 spiro atoms. The van der Waals surface area contributed by atoms with Crippen molar-refractivity contribution in [3.05, 3.63) is 30.5 Å². The van der Waals surface area contributed by atoms with Crippen LogP contribution in [0.3, 0.4) is 0 Å². The molecule has 21 heavy (non-hydrogen) atoms. The van der Waals surface area contributed by atoms with Gasteiger partial charge in [0, 0.05) is 18.4 Å². The number of carbonyl (C=O) groups excluding carboxylic acids is 1. The predicted octanol–water partition coefficient (Wildman–Crippen LogP) is 3.36. The fraction of sp³-hybridized carbons (Fsp3) is 0.471. The number of rotatable bonds is 6. The van der Waals surface area contributed by atoms with Crippen molar-refractivity contribution in [1.29, 1.82) is 0 Å². The molecule has 0 fully saturated rings. The molecular weight excluding hydrogens is 262 g/mol. The highest BCUT2D eigenvalue weighted by molar-refractivity contribution is 5.96. The fourth-order valence-electron chi connectivity index (χ4n) is 2.55. The third-order valence-electron chi connectivity index (χ3n) is 3.57. The molecule has 2 aromatic rings. The number of fused-ring (bicyclic) bond motifs is 1. The van der Waals surface area contributed by atoms with Crippen LogP contribution >= 0.6 is 0 Å². The van der Waals surface area contributed by atoms with E-state index in [0.717, 1.165) is 24.2 Å². The quantitative estimate of drug-likeness (QED) is 0.855. The maximum atomic E-state index is 12.1. The summed E-state index contributed by atoms with van der Waals surface area (Å²) in [5, 5.41) is 4.11. The van der Waals surface area contributed by atoms with Crippen molar-refractivity contribution >= 4 is 22.5 Å². The summed E-state index contributed by atoms with van der Waals surface area (Å²) in [5.41, 5.74) is 7.87. The number of amides is 1. The minimum atomic E-state index is -0.455. The molecule has 4 heteroatoms. The van der Waals surface area contributed by atoms with Crippen LogP contribution in [0, 0.1) is 5.92 Å². The second kappa shape index (κ2) is 6.76. The molecule has 0 radical (unpaired) electrons. The maximum Gasteiger partial charge on any atom is 0.241 e. The van der Waals surface area contributed by atoms with Gasteiger partial charge >= 0.3 is 0 Å². The van der Waals surface area contributed by atoms with E-state index < -0.39 is 6.04 Å². The molecule has 0 aliphatic rings. The average Bonchev–Trinajstić information content (AvgIpc) is 2.81. The molecule has 4 nitrogen and oxygen atoms in total. The molecule has 2 rings (SSSR count). The number of nitrogens with one attached hydrogen (secondary N) is 1. The van der Waals surface area contributed by atoms with Gasteiger partial charge < -0.3 is 15.6 Å². The zero-order valence-electron chi connectivity index (χ0n) is 13.1. The van der Waals surface area contributed by atoms with E-state index in [9.17, 15) is 4.79 Å². The number of hydrogen-bond acceptors (Lipinski definition) is 2. The smallest absolute Gasteiger partial charge is 0.241 e. The lowest BCUT2D eigenvalue weighted by Gasteiger charge is -2.14. The van der Waals surface area contributed by atoms with Gasteiger partial charge in [0.2, 0.25) is 5.91 Å². The number of benzene rings is 1. The summed E-state index contributed by atoms with van der Waals surface area (Å²) in [5.74, 6) is 0.298. The van der Waals surface area contributed by atoms with Crippen molar-refractivity contribution < 1.29 is 4.79 Å². The molecule has 1 heterocycles. The van der Waals surface area contributed by atoms with Crippen LogP contribution in [-0.2, 0) is 11.3 Å². The Morgan fingerprint density at radius 2 is 2.10 bits per heavy atom. The van der Waals surface area contributed by atoms with Gasteiger partial charge in [-0.3, -0.25) is 4.79 Å². The Morgan fingerprint density at radius 1 is 1.33 bits per heavy atom. The molecule has 0 aliphatic heterocycles. The maximum absolute atomic E-state index is 12.1. The van der Waals surface area contributed by atoms with Crippen molar-refractivity contribution in [3.8, 4) is 0 Å². The number of anilines is 1. The van der Waals surface area contributed by atoms with Crippen LogP contribution in [0.25, 0.3) is 10.9 Å². The molecule has 0 saturated heterocycles. The standard InChI is InChI=1S/C17H25N3O/c1-4-8-20-9-7-13-5-6-14(11-16(13)20)19-17(21)15(18)10-12(2)3/h5-7,9,11-12,15H,4,8,10,18H2,1-3H3,(H,19,21)/t15-/m0/s1. The molecule has 1 aromatic heterocycles. The van der Waals surface area contributed by atoms with E-state index in [1.54, 1.807) is 0 Å². The number of nitrogens with zero attached hydrogens (tertiary/aromatic N) is 1. The summed E-state index contributed by atoms with van der Waals surface area (Å²) in [7, 11) is 0. The topological polar surface area (TPSA) is 60.0 Å². The fourth-order valence-corrected chi connectivity index (χ4v) is 2.55. The summed E-state index contributed by atoms with van der Waals surface area (Å²) < 4.78 is 2.21. The SMILES string of the molecule is CCCn1ccc2ccc(NC(=O)[C@@H](N)CC(C)C)cc21. The van der Waals surface area contributed by atoms with Crippen LogP contribution in [0.1, 0.15) is 33.6 Å². The Morgan fingerprint density at radius 3 is 2.76 bits per heavy atom. The Balaban J connectivity index is 2.15. The largest absolute Gasteiger partial charge is 0.347 e. The minimum absolute atomic E-state index is 0.114. The Hall–Kier alpha value is -1.81. The van der Waals surface area contributed by atoms with Crippen molar-refractivity contribution in [2.75, 3.05) is 5.32 Å². The van der Waals surface area contributed by atoms with Gasteiger partial charge in [-0.2, -0.15) is 0 Å². The molecule has 1 aromatic carbocycles. The van der Waals surface area contributed by atoms with Crippen LogP contribution in [0.2, 0.25) is 0 Å². The molecule has 1 amide bonds. The van der Waals surface area contributed by atoms with Gasteiger partial charge in [0.25, 0.3) is 0 Å². The number of aryl methyl sites for hydroxylation is 1. The second-order valence-corrected chi connectivity index (χ2v) is 6.01. The average molecular weight is 287 g/mol. The first-order valence-corrected chi connectivity index (χ1v) is 7.66. The minimum Gasteiger partial charge on any atom is -0.347 e. The third kappa shape index (κ3) is 3.85. The number of carbonyl (C=O) groups is 1. The summed E-state index contributed by atoms with van der Waals surface area (Å²) in [6, 6.07) is 7.62. The lowest BCUT2D eigenvalue weighted by molar-refractivity contribution is -0.117. The Kier molecular flexibility index (Phi) is 5.02. The first-order chi connectivity index (χ1) is 10.0. The summed E-state index contributed by atoms with van der Waals surface area (Å²) in [6.45, 7) is 7.27. The molecule has 1 atom stereocenters. The summed E-state index contributed by atoms with van der Waals surface area (Å²) in [6.07, 6.45) is 3.87. The molecule has 0 saturated carbocycles. The summed E-state index contributed by atoms with van der Waals surface area (Å²) in [4.78, 5) is 12.1. The highest BCUT2D eigenvalue weighted by Gasteiger charge is 2.15. The first kappa shape index (κ1) is 15.6. The lowest BCUT2D eigenvalue weighted by Crippen LogP contribution is -2.36. The van der Waals surface area contributed by atoms with E-state index in [1.165, 1.54) is 5.39 Å². The monoisotopic (exact) mass is 287 g/mol.